The topological polar surface area (TPSA) is 69.0 Å². The van der Waals surface area contributed by atoms with Crippen LogP contribution >= 0.6 is 23.1 Å². The lowest BCUT2D eigenvalue weighted by Gasteiger charge is -2.16. The minimum atomic E-state index is -2.97. The van der Waals surface area contributed by atoms with E-state index in [1.54, 1.807) is 11.3 Å². The van der Waals surface area contributed by atoms with Crippen LogP contribution < -0.4 is 0 Å². The lowest BCUT2D eigenvalue weighted by atomic mass is 10.2. The summed E-state index contributed by atoms with van der Waals surface area (Å²) < 4.78 is 26.6. The number of hydrogen-bond donors (Lipinski definition) is 0. The number of nitrogens with zero attached hydrogens (tertiary/aromatic N) is 2. The molecule has 1 unspecified atom stereocenters. The molecule has 29 heavy (non-hydrogen) atoms. The Hall–Kier alpha value is -1.90. The van der Waals surface area contributed by atoms with Crippen molar-refractivity contribution in [3.05, 3.63) is 58.7 Å². The third kappa shape index (κ3) is 4.34. The molecule has 1 aliphatic rings. The monoisotopic (exact) mass is 446 g/mol. The van der Waals surface area contributed by atoms with Crippen molar-refractivity contribution in [2.75, 3.05) is 17.3 Å². The average molecular weight is 447 g/mol. The number of sulfone groups is 1. The Bertz CT molecular complexity index is 1150. The molecular formula is C21H22N2O3S3. The average Bonchev–Trinajstić information content (AvgIpc) is 3.38. The molecule has 3 aromatic rings. The van der Waals surface area contributed by atoms with Gasteiger partial charge in [-0.15, -0.1) is 11.3 Å². The van der Waals surface area contributed by atoms with Gasteiger partial charge in [0, 0.05) is 33.9 Å². The predicted octanol–water partition coefficient (Wildman–Crippen LogP) is 4.56. The number of aromatic nitrogens is 2. The highest BCUT2D eigenvalue weighted by atomic mass is 32.2. The Morgan fingerprint density at radius 3 is 2.72 bits per heavy atom. The summed E-state index contributed by atoms with van der Waals surface area (Å²) in [6, 6.07) is 11.8. The van der Waals surface area contributed by atoms with Crippen LogP contribution in [0.15, 0.2) is 46.1 Å². The van der Waals surface area contributed by atoms with Crippen LogP contribution in [0.2, 0.25) is 0 Å². The molecule has 8 heteroatoms. The van der Waals surface area contributed by atoms with Gasteiger partial charge in [0.2, 0.25) is 0 Å². The van der Waals surface area contributed by atoms with Gasteiger partial charge < -0.3 is 4.57 Å². The van der Waals surface area contributed by atoms with Gasteiger partial charge >= 0.3 is 0 Å². The van der Waals surface area contributed by atoms with E-state index in [1.807, 2.05) is 60.2 Å². The highest BCUT2D eigenvalue weighted by molar-refractivity contribution is 8.01. The molecule has 0 saturated carbocycles. The molecule has 0 spiro atoms. The van der Waals surface area contributed by atoms with E-state index in [-0.39, 0.29) is 23.3 Å². The van der Waals surface area contributed by atoms with Crippen molar-refractivity contribution in [3.63, 3.8) is 0 Å². The van der Waals surface area contributed by atoms with Crippen molar-refractivity contribution < 1.29 is 13.2 Å². The number of carbonyl (C=O) groups excluding carboxylic acids is 1. The van der Waals surface area contributed by atoms with E-state index in [0.29, 0.717) is 17.7 Å². The van der Waals surface area contributed by atoms with Gasteiger partial charge in [-0.2, -0.15) is 0 Å². The minimum absolute atomic E-state index is 0.0478. The molecule has 0 radical (unpaired) electrons. The van der Waals surface area contributed by atoms with Crippen molar-refractivity contribution >= 4 is 38.7 Å². The third-order valence-corrected chi connectivity index (χ3v) is 9.01. The Morgan fingerprint density at radius 1 is 1.28 bits per heavy atom. The summed E-state index contributed by atoms with van der Waals surface area (Å²) >= 11 is 2.99. The van der Waals surface area contributed by atoms with Crippen molar-refractivity contribution in [3.8, 4) is 11.3 Å². The summed E-state index contributed by atoms with van der Waals surface area (Å²) in [6.07, 6.45) is 0.614. The molecule has 5 nitrogen and oxygen atoms in total. The zero-order chi connectivity index (χ0) is 20.6. The first kappa shape index (κ1) is 20.4. The van der Waals surface area contributed by atoms with Crippen LogP contribution in [0.4, 0.5) is 0 Å². The first-order chi connectivity index (χ1) is 13.8. The summed E-state index contributed by atoms with van der Waals surface area (Å²) in [4.78, 5) is 17.5. The second-order valence-corrected chi connectivity index (χ2v) is 11.6. The highest BCUT2D eigenvalue weighted by Gasteiger charge is 2.31. The first-order valence-electron chi connectivity index (χ1n) is 9.40. The van der Waals surface area contributed by atoms with Crippen LogP contribution in [0.1, 0.15) is 34.2 Å². The van der Waals surface area contributed by atoms with Crippen LogP contribution in [-0.4, -0.2) is 41.0 Å². The molecule has 152 valence electrons. The van der Waals surface area contributed by atoms with Crippen molar-refractivity contribution in [2.24, 2.45) is 0 Å². The van der Waals surface area contributed by atoms with Gasteiger partial charge in [-0.1, -0.05) is 42.1 Å². The van der Waals surface area contributed by atoms with Crippen LogP contribution in [0.5, 0.6) is 0 Å². The second kappa shape index (κ2) is 8.08. The number of thiazole rings is 1. The third-order valence-electron chi connectivity index (χ3n) is 5.24. The maximum absolute atomic E-state index is 12.8. The van der Waals surface area contributed by atoms with E-state index < -0.39 is 9.84 Å². The van der Waals surface area contributed by atoms with E-state index in [2.05, 4.69) is 4.98 Å². The van der Waals surface area contributed by atoms with E-state index in [1.165, 1.54) is 11.8 Å². The molecule has 0 aliphatic carbocycles. The van der Waals surface area contributed by atoms with Crippen molar-refractivity contribution in [2.45, 2.75) is 30.6 Å². The molecule has 2 aromatic heterocycles. The van der Waals surface area contributed by atoms with Gasteiger partial charge in [0.1, 0.15) is 0 Å². The number of carbonyl (C=O) groups is 1. The van der Waals surface area contributed by atoms with Gasteiger partial charge in [0.25, 0.3) is 0 Å². The summed E-state index contributed by atoms with van der Waals surface area (Å²) in [6.45, 7) is 3.85. The number of rotatable bonds is 6. The number of ketones is 1. The van der Waals surface area contributed by atoms with Crippen molar-refractivity contribution in [1.82, 2.24) is 9.55 Å². The Kier molecular flexibility index (Phi) is 5.68. The molecule has 1 saturated heterocycles. The normalized spacial score (nSPS) is 18.2. The fourth-order valence-electron chi connectivity index (χ4n) is 3.87. The molecule has 0 bridgehead atoms. The molecule has 3 heterocycles. The van der Waals surface area contributed by atoms with Crippen LogP contribution in [0.25, 0.3) is 11.3 Å². The SMILES string of the molecule is Cc1cc(C(=O)CSc2nc(-c3ccccc3)cs2)c(C)n1C1CCS(=O)(=O)C1. The van der Waals surface area contributed by atoms with Gasteiger partial charge in [-0.25, -0.2) is 13.4 Å². The van der Waals surface area contributed by atoms with E-state index in [0.717, 1.165) is 27.0 Å². The zero-order valence-corrected chi connectivity index (χ0v) is 18.7. The molecule has 1 aromatic carbocycles. The number of Topliss-reactive ketones (excluding diaryl/α,β-unsaturated/α-hetero) is 1. The smallest absolute Gasteiger partial charge is 0.174 e. The Balaban J connectivity index is 1.46. The quantitative estimate of drug-likeness (QED) is 0.410. The van der Waals surface area contributed by atoms with Crippen molar-refractivity contribution in [1.29, 1.82) is 0 Å². The second-order valence-electron chi connectivity index (χ2n) is 7.29. The summed E-state index contributed by atoms with van der Waals surface area (Å²) in [5.41, 5.74) is 4.47. The molecular weight excluding hydrogens is 424 g/mol. The van der Waals surface area contributed by atoms with Gasteiger partial charge in [-0.05, 0) is 26.3 Å². The van der Waals surface area contributed by atoms with E-state index in [4.69, 9.17) is 0 Å². The fraction of sp³-hybridized carbons (Fsp3) is 0.333. The number of hydrogen-bond acceptors (Lipinski definition) is 6. The molecule has 0 amide bonds. The first-order valence-corrected chi connectivity index (χ1v) is 13.1. The standard InChI is InChI=1S/C21H22N2O3S3/c1-14-10-18(15(2)23(14)17-8-9-29(25,26)13-17)20(24)12-28-21-22-19(11-27-21)16-6-4-3-5-7-16/h3-7,10-11,17H,8-9,12-13H2,1-2H3. The van der Waals surface area contributed by atoms with E-state index >= 15 is 0 Å². The van der Waals surface area contributed by atoms with Gasteiger partial charge in [0.15, 0.2) is 20.0 Å². The fourth-order valence-corrected chi connectivity index (χ4v) is 7.29. The van der Waals surface area contributed by atoms with Gasteiger partial charge in [0.05, 0.1) is 23.0 Å². The molecule has 0 N–H and O–H groups in total. The summed E-state index contributed by atoms with van der Waals surface area (Å²) in [5.74, 6) is 0.746. The summed E-state index contributed by atoms with van der Waals surface area (Å²) in [7, 11) is -2.97. The maximum Gasteiger partial charge on any atom is 0.174 e. The minimum Gasteiger partial charge on any atom is -0.344 e. The number of thioether (sulfide) groups is 1. The van der Waals surface area contributed by atoms with Gasteiger partial charge in [-0.3, -0.25) is 4.79 Å². The summed E-state index contributed by atoms with van der Waals surface area (Å²) in [5, 5.41) is 2.01. The molecule has 4 rings (SSSR count). The predicted molar refractivity (Wildman–Crippen MR) is 119 cm³/mol. The van der Waals surface area contributed by atoms with Crippen LogP contribution in [0, 0.1) is 13.8 Å². The lowest BCUT2D eigenvalue weighted by molar-refractivity contribution is 0.102. The highest BCUT2D eigenvalue weighted by Crippen LogP contribution is 2.31. The molecule has 1 aliphatic heterocycles. The van der Waals surface area contributed by atoms with Crippen LogP contribution in [-0.2, 0) is 9.84 Å². The largest absolute Gasteiger partial charge is 0.344 e. The van der Waals surface area contributed by atoms with Crippen LogP contribution in [0.3, 0.4) is 0 Å². The Morgan fingerprint density at radius 2 is 2.03 bits per heavy atom. The lowest BCUT2D eigenvalue weighted by Crippen LogP contribution is -2.14. The molecule has 1 fully saturated rings. The maximum atomic E-state index is 12.8. The zero-order valence-electron chi connectivity index (χ0n) is 16.3. The van der Waals surface area contributed by atoms with E-state index in [9.17, 15) is 13.2 Å². The Labute approximate surface area is 179 Å². The molecule has 1 atom stereocenters. The number of aryl methyl sites for hydroxylation is 1. The number of benzene rings is 1.